The Hall–Kier alpha value is -1.10. The summed E-state index contributed by atoms with van der Waals surface area (Å²) in [5.74, 6) is 0.911. The number of rotatable bonds is 4. The molecule has 2 rings (SSSR count). The van der Waals surface area contributed by atoms with Gasteiger partial charge in [0.2, 0.25) is 0 Å². The summed E-state index contributed by atoms with van der Waals surface area (Å²) < 4.78 is 5.14. The molecule has 0 saturated carbocycles. The smallest absolute Gasteiger partial charge is 0.118 e. The first-order chi connectivity index (χ1) is 8.28. The van der Waals surface area contributed by atoms with Gasteiger partial charge >= 0.3 is 0 Å². The van der Waals surface area contributed by atoms with Crippen LogP contribution in [-0.4, -0.2) is 50.2 Å². The van der Waals surface area contributed by atoms with Crippen LogP contribution in [0.2, 0.25) is 0 Å². The number of hydrogen-bond acceptors (Lipinski definition) is 4. The van der Waals surface area contributed by atoms with Gasteiger partial charge in [-0.05, 0) is 24.7 Å². The van der Waals surface area contributed by atoms with E-state index in [-0.39, 0.29) is 0 Å². The van der Waals surface area contributed by atoms with E-state index in [1.165, 1.54) is 5.56 Å². The molecule has 1 heterocycles. The monoisotopic (exact) mass is 235 g/mol. The molecule has 0 bridgehead atoms. The summed E-state index contributed by atoms with van der Waals surface area (Å²) in [5, 5.41) is 2.30. The number of ether oxygens (including phenoxy) is 1. The van der Waals surface area contributed by atoms with Crippen molar-refractivity contribution in [2.24, 2.45) is 0 Å². The van der Waals surface area contributed by atoms with Crippen LogP contribution in [0, 0.1) is 0 Å². The summed E-state index contributed by atoms with van der Waals surface area (Å²) in [6.07, 6.45) is 0. The summed E-state index contributed by atoms with van der Waals surface area (Å²) >= 11 is 0. The molecule has 1 aromatic carbocycles. The molecule has 4 nitrogen and oxygen atoms in total. The molecule has 17 heavy (non-hydrogen) atoms. The van der Waals surface area contributed by atoms with Crippen molar-refractivity contribution >= 4 is 0 Å². The van der Waals surface area contributed by atoms with E-state index in [1.54, 1.807) is 7.11 Å². The summed E-state index contributed by atoms with van der Waals surface area (Å²) in [7, 11) is 3.86. The minimum atomic E-state index is 0.883. The molecular weight excluding hydrogens is 214 g/mol. The van der Waals surface area contributed by atoms with Crippen molar-refractivity contribution in [3.8, 4) is 5.75 Å². The maximum absolute atomic E-state index is 5.14. The van der Waals surface area contributed by atoms with Crippen LogP contribution >= 0.6 is 0 Å². The Morgan fingerprint density at radius 1 is 1.12 bits per heavy atom. The van der Waals surface area contributed by atoms with Crippen LogP contribution in [0.5, 0.6) is 5.75 Å². The molecule has 94 valence electrons. The zero-order chi connectivity index (χ0) is 12.1. The Kier molecular flexibility index (Phi) is 4.36. The lowest BCUT2D eigenvalue weighted by molar-refractivity contribution is 0.102. The number of benzene rings is 1. The van der Waals surface area contributed by atoms with Crippen LogP contribution in [0.1, 0.15) is 5.56 Å². The Morgan fingerprint density at radius 2 is 1.76 bits per heavy atom. The first kappa shape index (κ1) is 12.4. The zero-order valence-corrected chi connectivity index (χ0v) is 10.6. The molecule has 1 fully saturated rings. The fourth-order valence-electron chi connectivity index (χ4n) is 1.91. The van der Waals surface area contributed by atoms with Crippen LogP contribution in [0.3, 0.4) is 0 Å². The third-order valence-corrected chi connectivity index (χ3v) is 3.17. The maximum atomic E-state index is 5.14. The van der Waals surface area contributed by atoms with Crippen molar-refractivity contribution < 1.29 is 4.74 Å². The number of hydrazine groups is 1. The average Bonchev–Trinajstić information content (AvgIpc) is 2.39. The molecule has 1 aliphatic rings. The van der Waals surface area contributed by atoms with Crippen LogP contribution < -0.4 is 10.2 Å². The van der Waals surface area contributed by atoms with Crippen LogP contribution in [0.4, 0.5) is 0 Å². The molecule has 1 aliphatic heterocycles. The second kappa shape index (κ2) is 6.00. The largest absolute Gasteiger partial charge is 0.497 e. The van der Waals surface area contributed by atoms with E-state index < -0.39 is 0 Å². The number of nitrogens with zero attached hydrogens (tertiary/aromatic N) is 2. The lowest BCUT2D eigenvalue weighted by Gasteiger charge is -2.32. The highest BCUT2D eigenvalue weighted by molar-refractivity contribution is 5.26. The molecule has 1 N–H and O–H groups in total. The van der Waals surface area contributed by atoms with Gasteiger partial charge in [-0.25, -0.2) is 5.01 Å². The Balaban J connectivity index is 1.77. The SMILES string of the molecule is COc1ccc(CNN2CCN(C)CC2)cc1. The van der Waals surface area contributed by atoms with E-state index in [2.05, 4.69) is 34.5 Å². The van der Waals surface area contributed by atoms with Gasteiger partial charge in [-0.1, -0.05) is 12.1 Å². The van der Waals surface area contributed by atoms with E-state index in [1.807, 2.05) is 12.1 Å². The molecule has 0 amide bonds. The minimum Gasteiger partial charge on any atom is -0.497 e. The molecule has 0 aliphatic carbocycles. The minimum absolute atomic E-state index is 0.883. The molecule has 0 aromatic heterocycles. The van der Waals surface area contributed by atoms with Gasteiger partial charge in [-0.15, -0.1) is 0 Å². The van der Waals surface area contributed by atoms with Crippen molar-refractivity contribution in [1.82, 2.24) is 15.3 Å². The first-order valence-corrected chi connectivity index (χ1v) is 6.08. The topological polar surface area (TPSA) is 27.7 Å². The molecule has 1 saturated heterocycles. The van der Waals surface area contributed by atoms with E-state index in [0.717, 1.165) is 38.5 Å². The maximum Gasteiger partial charge on any atom is 0.118 e. The summed E-state index contributed by atoms with van der Waals surface area (Å²) in [5.41, 5.74) is 4.74. The Morgan fingerprint density at radius 3 is 2.35 bits per heavy atom. The lowest BCUT2D eigenvalue weighted by Crippen LogP contribution is -2.50. The molecule has 0 unspecified atom stereocenters. The second-order valence-corrected chi connectivity index (χ2v) is 4.47. The standard InChI is InChI=1S/C13H21N3O/c1-15-7-9-16(10-8-15)14-11-12-3-5-13(17-2)6-4-12/h3-6,14H,7-11H2,1-2H3. The van der Waals surface area contributed by atoms with E-state index in [4.69, 9.17) is 4.74 Å². The normalized spacial score (nSPS) is 18.2. The van der Waals surface area contributed by atoms with E-state index >= 15 is 0 Å². The molecular formula is C13H21N3O. The van der Waals surface area contributed by atoms with Crippen molar-refractivity contribution in [1.29, 1.82) is 0 Å². The average molecular weight is 235 g/mol. The van der Waals surface area contributed by atoms with Gasteiger partial charge in [0.05, 0.1) is 7.11 Å². The Bertz CT molecular complexity index is 331. The van der Waals surface area contributed by atoms with Gasteiger partial charge in [0, 0.05) is 32.7 Å². The van der Waals surface area contributed by atoms with Gasteiger partial charge < -0.3 is 9.64 Å². The fourth-order valence-corrected chi connectivity index (χ4v) is 1.91. The highest BCUT2D eigenvalue weighted by Gasteiger charge is 2.12. The van der Waals surface area contributed by atoms with Crippen molar-refractivity contribution in [2.75, 3.05) is 40.3 Å². The van der Waals surface area contributed by atoms with Crippen LogP contribution in [0.15, 0.2) is 24.3 Å². The molecule has 0 atom stereocenters. The Labute approximate surface area is 103 Å². The predicted molar refractivity (Wildman–Crippen MR) is 68.9 cm³/mol. The molecule has 0 spiro atoms. The second-order valence-electron chi connectivity index (χ2n) is 4.47. The van der Waals surface area contributed by atoms with Gasteiger partial charge in [-0.2, -0.15) is 0 Å². The predicted octanol–water partition coefficient (Wildman–Crippen LogP) is 0.947. The number of methoxy groups -OCH3 is 1. The molecule has 1 aromatic rings. The van der Waals surface area contributed by atoms with Gasteiger partial charge in [0.1, 0.15) is 5.75 Å². The van der Waals surface area contributed by atoms with Crippen molar-refractivity contribution in [2.45, 2.75) is 6.54 Å². The number of piperazine rings is 1. The van der Waals surface area contributed by atoms with Gasteiger partial charge in [-0.3, -0.25) is 5.43 Å². The summed E-state index contributed by atoms with van der Waals surface area (Å²) in [6, 6.07) is 8.20. The lowest BCUT2D eigenvalue weighted by atomic mass is 10.2. The number of nitrogens with one attached hydrogen (secondary N) is 1. The molecule has 0 radical (unpaired) electrons. The highest BCUT2D eigenvalue weighted by Crippen LogP contribution is 2.11. The summed E-state index contributed by atoms with van der Waals surface area (Å²) in [6.45, 7) is 5.33. The van der Waals surface area contributed by atoms with Crippen molar-refractivity contribution in [3.05, 3.63) is 29.8 Å². The zero-order valence-electron chi connectivity index (χ0n) is 10.6. The van der Waals surface area contributed by atoms with E-state index in [0.29, 0.717) is 0 Å². The summed E-state index contributed by atoms with van der Waals surface area (Å²) in [4.78, 5) is 2.35. The number of hydrogen-bond donors (Lipinski definition) is 1. The van der Waals surface area contributed by atoms with Crippen LogP contribution in [0.25, 0.3) is 0 Å². The molecule has 4 heteroatoms. The third kappa shape index (κ3) is 3.70. The quantitative estimate of drug-likeness (QED) is 0.841. The van der Waals surface area contributed by atoms with Crippen molar-refractivity contribution in [3.63, 3.8) is 0 Å². The number of likely N-dealkylation sites (N-methyl/N-ethyl adjacent to an activating group) is 1. The van der Waals surface area contributed by atoms with E-state index in [9.17, 15) is 0 Å². The van der Waals surface area contributed by atoms with Gasteiger partial charge in [0.25, 0.3) is 0 Å². The fraction of sp³-hybridized carbons (Fsp3) is 0.538. The first-order valence-electron chi connectivity index (χ1n) is 6.08. The van der Waals surface area contributed by atoms with Crippen LogP contribution in [-0.2, 0) is 6.54 Å². The highest BCUT2D eigenvalue weighted by atomic mass is 16.5. The van der Waals surface area contributed by atoms with Gasteiger partial charge in [0.15, 0.2) is 0 Å². The third-order valence-electron chi connectivity index (χ3n) is 3.17.